The molecule has 0 fully saturated rings. The lowest BCUT2D eigenvalue weighted by molar-refractivity contribution is -0.118. The van der Waals surface area contributed by atoms with Crippen LogP contribution in [0.3, 0.4) is 0 Å². The average Bonchev–Trinajstić information content (AvgIpc) is 2.23. The zero-order valence-corrected chi connectivity index (χ0v) is 11.8. The molecule has 0 radical (unpaired) electrons. The summed E-state index contributed by atoms with van der Waals surface area (Å²) in [5.74, 6) is -0.236. The van der Waals surface area contributed by atoms with E-state index in [4.69, 9.17) is 10.5 Å². The van der Waals surface area contributed by atoms with E-state index in [1.807, 2.05) is 26.0 Å². The fourth-order valence-electron chi connectivity index (χ4n) is 1.58. The van der Waals surface area contributed by atoms with Crippen molar-refractivity contribution in [2.24, 2.45) is 5.73 Å². The monoisotopic (exact) mass is 300 g/mol. The van der Waals surface area contributed by atoms with Crippen LogP contribution in [0.1, 0.15) is 11.1 Å². The Balaban J connectivity index is 2.85. The lowest BCUT2D eigenvalue weighted by atomic mass is 10.1. The van der Waals surface area contributed by atoms with Crippen molar-refractivity contribution in [3.8, 4) is 0 Å². The molecule has 1 aromatic carbocycles. The maximum Gasteiger partial charge on any atom is 0.243 e. The van der Waals surface area contributed by atoms with Gasteiger partial charge in [-0.25, -0.2) is 0 Å². The highest BCUT2D eigenvalue weighted by Gasteiger charge is 2.15. The van der Waals surface area contributed by atoms with Crippen LogP contribution >= 0.6 is 15.9 Å². The number of nitrogens with two attached hydrogens (primary N) is 1. The molecule has 0 bridgehead atoms. The minimum atomic E-state index is -0.651. The van der Waals surface area contributed by atoms with Crippen molar-refractivity contribution < 1.29 is 9.53 Å². The van der Waals surface area contributed by atoms with Crippen LogP contribution in [0.5, 0.6) is 0 Å². The van der Waals surface area contributed by atoms with Gasteiger partial charge in [0.2, 0.25) is 5.91 Å². The number of methoxy groups -OCH3 is 1. The van der Waals surface area contributed by atoms with Crippen molar-refractivity contribution in [2.45, 2.75) is 19.9 Å². The third kappa shape index (κ3) is 3.80. The average molecular weight is 301 g/mol. The Morgan fingerprint density at radius 2 is 2.00 bits per heavy atom. The Kier molecular flexibility index (Phi) is 5.11. The summed E-state index contributed by atoms with van der Waals surface area (Å²) in [6, 6.07) is 3.25. The summed E-state index contributed by atoms with van der Waals surface area (Å²) in [6.07, 6.45) is 0. The molecule has 4 nitrogen and oxygen atoms in total. The van der Waals surface area contributed by atoms with Gasteiger partial charge in [0.15, 0.2) is 0 Å². The molecule has 0 aliphatic carbocycles. The van der Waals surface area contributed by atoms with E-state index in [1.54, 1.807) is 0 Å². The van der Waals surface area contributed by atoms with Gasteiger partial charge in [0.05, 0.1) is 6.61 Å². The van der Waals surface area contributed by atoms with Crippen LogP contribution in [0.25, 0.3) is 0 Å². The van der Waals surface area contributed by atoms with E-state index in [2.05, 4.69) is 21.2 Å². The largest absolute Gasteiger partial charge is 0.383 e. The molecule has 1 amide bonds. The zero-order valence-electron chi connectivity index (χ0n) is 10.2. The van der Waals surface area contributed by atoms with E-state index in [1.165, 1.54) is 7.11 Å². The molecule has 0 saturated carbocycles. The van der Waals surface area contributed by atoms with Crippen LogP contribution in [0, 0.1) is 13.8 Å². The van der Waals surface area contributed by atoms with Gasteiger partial charge < -0.3 is 15.8 Å². The van der Waals surface area contributed by atoms with Gasteiger partial charge >= 0.3 is 0 Å². The van der Waals surface area contributed by atoms with Gasteiger partial charge in [-0.2, -0.15) is 0 Å². The van der Waals surface area contributed by atoms with E-state index in [0.29, 0.717) is 0 Å². The van der Waals surface area contributed by atoms with Gasteiger partial charge in [0.25, 0.3) is 0 Å². The van der Waals surface area contributed by atoms with Gasteiger partial charge in [0, 0.05) is 17.3 Å². The highest BCUT2D eigenvalue weighted by molar-refractivity contribution is 9.10. The molecule has 1 aromatic rings. The van der Waals surface area contributed by atoms with Crippen molar-refractivity contribution in [3.63, 3.8) is 0 Å². The van der Waals surface area contributed by atoms with Crippen molar-refractivity contribution in [1.29, 1.82) is 0 Å². The van der Waals surface area contributed by atoms with Crippen molar-refractivity contribution in [3.05, 3.63) is 27.7 Å². The predicted molar refractivity (Wildman–Crippen MR) is 72.1 cm³/mol. The molecular weight excluding hydrogens is 284 g/mol. The Labute approximate surface area is 110 Å². The number of rotatable bonds is 4. The maximum absolute atomic E-state index is 11.8. The van der Waals surface area contributed by atoms with Crippen molar-refractivity contribution in [1.82, 2.24) is 0 Å². The number of anilines is 1. The molecule has 1 rings (SSSR count). The Morgan fingerprint density at radius 1 is 1.47 bits per heavy atom. The van der Waals surface area contributed by atoms with Crippen LogP contribution in [-0.2, 0) is 9.53 Å². The first kappa shape index (κ1) is 14.2. The van der Waals surface area contributed by atoms with Crippen LogP contribution in [-0.4, -0.2) is 25.7 Å². The standard InChI is InChI=1S/C12H17BrN2O2/c1-7-4-9(13)5-8(2)11(7)15-12(16)10(14)6-17-3/h4-5,10H,6,14H2,1-3H3,(H,15,16). The van der Waals surface area contributed by atoms with Gasteiger partial charge in [-0.1, -0.05) is 15.9 Å². The van der Waals surface area contributed by atoms with Crippen LogP contribution < -0.4 is 11.1 Å². The number of amides is 1. The molecule has 0 spiro atoms. The smallest absolute Gasteiger partial charge is 0.243 e. The summed E-state index contributed by atoms with van der Waals surface area (Å²) in [5.41, 5.74) is 8.46. The third-order valence-corrected chi connectivity index (χ3v) is 2.89. The summed E-state index contributed by atoms with van der Waals surface area (Å²) in [5, 5.41) is 2.83. The van der Waals surface area contributed by atoms with Crippen LogP contribution in [0.2, 0.25) is 0 Å². The van der Waals surface area contributed by atoms with Crippen LogP contribution in [0.15, 0.2) is 16.6 Å². The molecule has 0 aliphatic heterocycles. The van der Waals surface area contributed by atoms with E-state index >= 15 is 0 Å². The second-order valence-corrected chi connectivity index (χ2v) is 4.88. The SMILES string of the molecule is COCC(N)C(=O)Nc1c(C)cc(Br)cc1C. The molecule has 94 valence electrons. The molecule has 3 N–H and O–H groups in total. The second kappa shape index (κ2) is 6.14. The van der Waals surface area contributed by atoms with Gasteiger partial charge in [-0.3, -0.25) is 4.79 Å². The van der Waals surface area contributed by atoms with Gasteiger partial charge in [-0.15, -0.1) is 0 Å². The fraction of sp³-hybridized carbons (Fsp3) is 0.417. The molecule has 1 atom stereocenters. The number of nitrogens with one attached hydrogen (secondary N) is 1. The predicted octanol–water partition coefficient (Wildman–Crippen LogP) is 1.98. The molecule has 0 saturated heterocycles. The first-order chi connectivity index (χ1) is 7.95. The van der Waals surface area contributed by atoms with Crippen molar-refractivity contribution in [2.75, 3.05) is 19.0 Å². The zero-order chi connectivity index (χ0) is 13.0. The number of carbonyl (C=O) groups is 1. The normalized spacial score (nSPS) is 12.3. The van der Waals surface area contributed by atoms with E-state index < -0.39 is 6.04 Å². The number of benzene rings is 1. The molecule has 1 unspecified atom stereocenters. The number of hydrogen-bond donors (Lipinski definition) is 2. The third-order valence-electron chi connectivity index (χ3n) is 2.43. The summed E-state index contributed by atoms with van der Waals surface area (Å²) in [4.78, 5) is 11.8. The molecule has 5 heteroatoms. The summed E-state index contributed by atoms with van der Waals surface area (Å²) in [6.45, 7) is 4.09. The highest BCUT2D eigenvalue weighted by Crippen LogP contribution is 2.25. The number of halogens is 1. The van der Waals surface area contributed by atoms with E-state index in [-0.39, 0.29) is 12.5 Å². The minimum Gasteiger partial charge on any atom is -0.383 e. The molecule has 0 aliphatic rings. The van der Waals surface area contributed by atoms with E-state index in [9.17, 15) is 4.79 Å². The Bertz CT molecular complexity index is 398. The fourth-order valence-corrected chi connectivity index (χ4v) is 2.27. The lowest BCUT2D eigenvalue weighted by Crippen LogP contribution is -2.39. The summed E-state index contributed by atoms with van der Waals surface area (Å²) in [7, 11) is 1.52. The Hall–Kier alpha value is -0.910. The number of hydrogen-bond acceptors (Lipinski definition) is 3. The first-order valence-electron chi connectivity index (χ1n) is 5.27. The summed E-state index contributed by atoms with van der Waals surface area (Å²) < 4.78 is 5.84. The quantitative estimate of drug-likeness (QED) is 0.894. The van der Waals surface area contributed by atoms with Crippen molar-refractivity contribution >= 4 is 27.5 Å². The maximum atomic E-state index is 11.8. The molecular formula is C12H17BrN2O2. The molecule has 0 aromatic heterocycles. The van der Waals surface area contributed by atoms with Gasteiger partial charge in [0.1, 0.15) is 6.04 Å². The first-order valence-corrected chi connectivity index (χ1v) is 6.07. The molecule has 0 heterocycles. The topological polar surface area (TPSA) is 64.3 Å². The van der Waals surface area contributed by atoms with Crippen LogP contribution in [0.4, 0.5) is 5.69 Å². The minimum absolute atomic E-state index is 0.209. The highest BCUT2D eigenvalue weighted by atomic mass is 79.9. The number of aryl methyl sites for hydroxylation is 2. The summed E-state index contributed by atoms with van der Waals surface area (Å²) >= 11 is 3.41. The lowest BCUT2D eigenvalue weighted by Gasteiger charge is -2.15. The van der Waals surface area contributed by atoms with Gasteiger partial charge in [-0.05, 0) is 37.1 Å². The van der Waals surface area contributed by atoms with E-state index in [0.717, 1.165) is 21.3 Å². The molecule has 17 heavy (non-hydrogen) atoms. The second-order valence-electron chi connectivity index (χ2n) is 3.97. The number of carbonyl (C=O) groups excluding carboxylic acids is 1. The number of ether oxygens (including phenoxy) is 1. The Morgan fingerprint density at radius 3 is 2.47 bits per heavy atom.